The smallest absolute Gasteiger partial charge is 0.265 e. The van der Waals surface area contributed by atoms with Gasteiger partial charge in [0.15, 0.2) is 6.10 Å². The molecule has 0 spiro atoms. The Bertz CT molecular complexity index is 1020. The Morgan fingerprint density at radius 3 is 2.20 bits per heavy atom. The molecule has 3 rings (SSSR count). The first-order valence-corrected chi connectivity index (χ1v) is 9.93. The molecule has 3 aromatic carbocycles. The molecule has 0 heterocycles. The third-order valence-electron chi connectivity index (χ3n) is 4.84. The molecular weight excluding hydrogens is 376 g/mol. The third-order valence-corrected chi connectivity index (χ3v) is 4.84. The zero-order chi connectivity index (χ0) is 21.5. The summed E-state index contributed by atoms with van der Waals surface area (Å²) in [5, 5.41) is 5.80. The van der Waals surface area contributed by atoms with Crippen LogP contribution in [0.4, 0.5) is 5.69 Å². The first-order valence-electron chi connectivity index (χ1n) is 9.93. The van der Waals surface area contributed by atoms with Gasteiger partial charge in [-0.1, -0.05) is 60.7 Å². The van der Waals surface area contributed by atoms with Crippen LogP contribution in [0.15, 0.2) is 78.9 Å². The maximum absolute atomic E-state index is 12.8. The van der Waals surface area contributed by atoms with Crippen LogP contribution in [0.1, 0.15) is 41.4 Å². The fraction of sp³-hybridized carbons (Fsp3) is 0.200. The summed E-state index contributed by atoms with van der Waals surface area (Å²) in [6, 6.07) is 24.0. The van der Waals surface area contributed by atoms with Crippen molar-refractivity contribution in [2.24, 2.45) is 0 Å². The standard InChI is InChI=1S/C25H26N2O3/c1-17-11-7-10-16-23(17)30-19(3)24(28)27-22-15-9-8-14-21(22)25(29)26-18(2)20-12-5-4-6-13-20/h4-16,18-19H,1-3H3,(H,26,29)(H,27,28)/t18-,19-/m0/s1. The van der Waals surface area contributed by atoms with Crippen LogP contribution in [0.25, 0.3) is 0 Å². The van der Waals surface area contributed by atoms with Crippen LogP contribution in [0.3, 0.4) is 0 Å². The van der Waals surface area contributed by atoms with E-state index in [2.05, 4.69) is 10.6 Å². The molecule has 154 valence electrons. The highest BCUT2D eigenvalue weighted by Gasteiger charge is 2.20. The van der Waals surface area contributed by atoms with Crippen molar-refractivity contribution in [2.75, 3.05) is 5.32 Å². The summed E-state index contributed by atoms with van der Waals surface area (Å²) in [5.41, 5.74) is 2.80. The lowest BCUT2D eigenvalue weighted by molar-refractivity contribution is -0.122. The number of carbonyl (C=O) groups excluding carboxylic acids is 2. The van der Waals surface area contributed by atoms with E-state index < -0.39 is 6.10 Å². The van der Waals surface area contributed by atoms with Crippen LogP contribution >= 0.6 is 0 Å². The minimum absolute atomic E-state index is 0.161. The number of carbonyl (C=O) groups is 2. The lowest BCUT2D eigenvalue weighted by Gasteiger charge is -2.19. The van der Waals surface area contributed by atoms with Crippen molar-refractivity contribution in [3.63, 3.8) is 0 Å². The molecule has 0 aliphatic rings. The van der Waals surface area contributed by atoms with Gasteiger partial charge in [-0.25, -0.2) is 0 Å². The second-order valence-corrected chi connectivity index (χ2v) is 7.17. The maximum atomic E-state index is 12.8. The predicted molar refractivity (Wildman–Crippen MR) is 119 cm³/mol. The first kappa shape index (κ1) is 21.1. The number of amides is 2. The molecule has 0 saturated heterocycles. The number of nitrogens with one attached hydrogen (secondary N) is 2. The van der Waals surface area contributed by atoms with Crippen LogP contribution in [0.2, 0.25) is 0 Å². The Balaban J connectivity index is 1.69. The van der Waals surface area contributed by atoms with Gasteiger partial charge in [0.1, 0.15) is 5.75 Å². The van der Waals surface area contributed by atoms with Gasteiger partial charge in [0.25, 0.3) is 11.8 Å². The average Bonchev–Trinajstić information content (AvgIpc) is 2.76. The predicted octanol–water partition coefficient (Wildman–Crippen LogP) is 4.89. The summed E-state index contributed by atoms with van der Waals surface area (Å²) in [4.78, 5) is 25.5. The Morgan fingerprint density at radius 1 is 0.833 bits per heavy atom. The monoisotopic (exact) mass is 402 g/mol. The number of ether oxygens (including phenoxy) is 1. The zero-order valence-electron chi connectivity index (χ0n) is 17.4. The second-order valence-electron chi connectivity index (χ2n) is 7.17. The molecule has 0 bridgehead atoms. The Hall–Kier alpha value is -3.60. The molecular formula is C25H26N2O3. The van der Waals surface area contributed by atoms with E-state index in [0.717, 1.165) is 11.1 Å². The van der Waals surface area contributed by atoms with Crippen molar-refractivity contribution in [1.82, 2.24) is 5.32 Å². The molecule has 0 fully saturated rings. The number of rotatable bonds is 7. The fourth-order valence-corrected chi connectivity index (χ4v) is 3.06. The quantitative estimate of drug-likeness (QED) is 0.591. The first-order chi connectivity index (χ1) is 14.5. The van der Waals surface area contributed by atoms with E-state index in [9.17, 15) is 9.59 Å². The minimum Gasteiger partial charge on any atom is -0.481 e. The molecule has 5 heteroatoms. The summed E-state index contributed by atoms with van der Waals surface area (Å²) in [5.74, 6) is 0.0761. The SMILES string of the molecule is Cc1ccccc1O[C@@H](C)C(=O)Nc1ccccc1C(=O)N[C@@H](C)c1ccccc1. The second kappa shape index (κ2) is 9.74. The number of hydrogen-bond acceptors (Lipinski definition) is 3. The zero-order valence-corrected chi connectivity index (χ0v) is 17.4. The van der Waals surface area contributed by atoms with Crippen molar-refractivity contribution in [2.45, 2.75) is 32.9 Å². The molecule has 0 radical (unpaired) electrons. The highest BCUT2D eigenvalue weighted by Crippen LogP contribution is 2.20. The highest BCUT2D eigenvalue weighted by molar-refractivity contribution is 6.04. The molecule has 2 amide bonds. The Morgan fingerprint density at radius 2 is 1.47 bits per heavy atom. The van der Waals surface area contributed by atoms with Crippen molar-refractivity contribution >= 4 is 17.5 Å². The van der Waals surface area contributed by atoms with E-state index in [1.807, 2.05) is 68.4 Å². The Labute approximate surface area is 177 Å². The number of anilines is 1. The molecule has 0 aliphatic heterocycles. The van der Waals surface area contributed by atoms with Gasteiger partial charge >= 0.3 is 0 Å². The number of para-hydroxylation sites is 2. The van der Waals surface area contributed by atoms with Gasteiger partial charge in [-0.2, -0.15) is 0 Å². The number of hydrogen-bond donors (Lipinski definition) is 2. The average molecular weight is 402 g/mol. The van der Waals surface area contributed by atoms with Gasteiger partial charge in [-0.3, -0.25) is 9.59 Å². The molecule has 0 aliphatic carbocycles. The van der Waals surface area contributed by atoms with E-state index in [1.54, 1.807) is 31.2 Å². The number of benzene rings is 3. The largest absolute Gasteiger partial charge is 0.481 e. The van der Waals surface area contributed by atoms with E-state index in [1.165, 1.54) is 0 Å². The summed E-state index contributed by atoms with van der Waals surface area (Å²) >= 11 is 0. The topological polar surface area (TPSA) is 67.4 Å². The van der Waals surface area contributed by atoms with Gasteiger partial charge in [0, 0.05) is 0 Å². The lowest BCUT2D eigenvalue weighted by atomic mass is 10.1. The van der Waals surface area contributed by atoms with Crippen molar-refractivity contribution in [3.05, 3.63) is 95.6 Å². The van der Waals surface area contributed by atoms with Gasteiger partial charge in [-0.05, 0) is 50.1 Å². The maximum Gasteiger partial charge on any atom is 0.265 e. The number of aryl methyl sites for hydroxylation is 1. The summed E-state index contributed by atoms with van der Waals surface area (Å²) in [6.07, 6.45) is -0.717. The molecule has 5 nitrogen and oxygen atoms in total. The lowest BCUT2D eigenvalue weighted by Crippen LogP contribution is -2.32. The molecule has 0 saturated carbocycles. The van der Waals surface area contributed by atoms with Gasteiger partial charge < -0.3 is 15.4 Å². The van der Waals surface area contributed by atoms with Gasteiger partial charge in [-0.15, -0.1) is 0 Å². The molecule has 2 N–H and O–H groups in total. The van der Waals surface area contributed by atoms with Gasteiger partial charge in [0.05, 0.1) is 17.3 Å². The summed E-state index contributed by atoms with van der Waals surface area (Å²) in [6.45, 7) is 5.53. The summed E-state index contributed by atoms with van der Waals surface area (Å²) in [7, 11) is 0. The highest BCUT2D eigenvalue weighted by atomic mass is 16.5. The molecule has 0 unspecified atom stereocenters. The normalized spacial score (nSPS) is 12.5. The van der Waals surface area contributed by atoms with Crippen LogP contribution in [-0.2, 0) is 4.79 Å². The van der Waals surface area contributed by atoms with E-state index in [-0.39, 0.29) is 17.9 Å². The molecule has 3 aromatic rings. The van der Waals surface area contributed by atoms with Gasteiger partial charge in [0.2, 0.25) is 0 Å². The van der Waals surface area contributed by atoms with Crippen molar-refractivity contribution in [3.8, 4) is 5.75 Å². The van der Waals surface area contributed by atoms with Crippen LogP contribution in [0, 0.1) is 6.92 Å². The van der Waals surface area contributed by atoms with Crippen molar-refractivity contribution in [1.29, 1.82) is 0 Å². The van der Waals surface area contributed by atoms with Crippen LogP contribution in [0.5, 0.6) is 5.75 Å². The van der Waals surface area contributed by atoms with Crippen LogP contribution in [-0.4, -0.2) is 17.9 Å². The third kappa shape index (κ3) is 5.26. The fourth-order valence-electron chi connectivity index (χ4n) is 3.06. The van der Waals surface area contributed by atoms with E-state index in [0.29, 0.717) is 17.0 Å². The van der Waals surface area contributed by atoms with Crippen molar-refractivity contribution < 1.29 is 14.3 Å². The van der Waals surface area contributed by atoms with Crippen LogP contribution < -0.4 is 15.4 Å². The Kier molecular flexibility index (Phi) is 6.86. The van der Waals surface area contributed by atoms with E-state index in [4.69, 9.17) is 4.74 Å². The molecule has 0 aromatic heterocycles. The molecule has 2 atom stereocenters. The van der Waals surface area contributed by atoms with E-state index >= 15 is 0 Å². The molecule has 30 heavy (non-hydrogen) atoms. The minimum atomic E-state index is -0.717. The summed E-state index contributed by atoms with van der Waals surface area (Å²) < 4.78 is 5.79.